The van der Waals surface area contributed by atoms with Crippen molar-refractivity contribution in [3.05, 3.63) is 29.8 Å². The molecule has 15 heteroatoms. The summed E-state index contributed by atoms with van der Waals surface area (Å²) < 4.78 is 70.4. The van der Waals surface area contributed by atoms with Crippen LogP contribution in [0, 0.1) is 12.3 Å². The molecule has 0 saturated carbocycles. The second-order valence-electron chi connectivity index (χ2n) is 11.0. The van der Waals surface area contributed by atoms with Gasteiger partial charge >= 0.3 is 5.97 Å². The van der Waals surface area contributed by atoms with E-state index in [0.717, 1.165) is 25.1 Å². The standard InChI is InChI=1S/C38H65NO14/c1-3-5-10-39-37-8-6-36(7-9-37)38(40)53-35-34-52-33-32-51-31-30-50-29-28-49-27-26-48-25-24-47-23-22-46-21-20-45-19-18-44-17-16-43-15-14-42-13-12-41-11-4-2/h2,6-9,39H,3,5,10-35H2,1H3. The molecule has 15 nitrogen and oxygen atoms in total. The highest BCUT2D eigenvalue weighted by atomic mass is 16.6. The maximum atomic E-state index is 12.1. The molecule has 0 aromatic heterocycles. The van der Waals surface area contributed by atoms with Crippen molar-refractivity contribution in [3.63, 3.8) is 0 Å². The predicted octanol–water partition coefficient (Wildman–Crippen LogP) is 2.89. The number of hydrogen-bond donors (Lipinski definition) is 1. The molecule has 0 bridgehead atoms. The summed E-state index contributed by atoms with van der Waals surface area (Å²) in [6.07, 6.45) is 7.32. The van der Waals surface area contributed by atoms with Gasteiger partial charge in [0.15, 0.2) is 0 Å². The highest BCUT2D eigenvalue weighted by Gasteiger charge is 2.07. The first kappa shape index (κ1) is 48.6. The Kier molecular flexibility index (Phi) is 37.4. The van der Waals surface area contributed by atoms with Crippen LogP contribution in [0.2, 0.25) is 0 Å². The van der Waals surface area contributed by atoms with Crippen LogP contribution in [0.1, 0.15) is 30.1 Å². The SMILES string of the molecule is C#CCOCCOCCOCCOCCOCCOCCOCCOCCOCCOCCOCCOCCOC(=O)c1ccc(NCCCC)cc1. The van der Waals surface area contributed by atoms with Crippen LogP contribution in [0.5, 0.6) is 0 Å². The van der Waals surface area contributed by atoms with Gasteiger partial charge in [-0.25, -0.2) is 4.79 Å². The van der Waals surface area contributed by atoms with Crippen LogP contribution < -0.4 is 5.32 Å². The zero-order valence-corrected chi connectivity index (χ0v) is 31.9. The topological polar surface area (TPSA) is 149 Å². The van der Waals surface area contributed by atoms with Crippen molar-refractivity contribution in [2.24, 2.45) is 0 Å². The Bertz CT molecular complexity index is 950. The summed E-state index contributed by atoms with van der Waals surface area (Å²) >= 11 is 0. The average Bonchev–Trinajstić information content (AvgIpc) is 3.17. The van der Waals surface area contributed by atoms with Gasteiger partial charge in [0.2, 0.25) is 0 Å². The molecule has 0 fully saturated rings. The molecule has 0 spiro atoms. The van der Waals surface area contributed by atoms with Crippen molar-refractivity contribution in [1.29, 1.82) is 0 Å². The molecular formula is C38H65NO14. The number of esters is 1. The summed E-state index contributed by atoms with van der Waals surface area (Å²) in [5.41, 5.74) is 1.51. The molecule has 0 aliphatic rings. The van der Waals surface area contributed by atoms with Gasteiger partial charge in [0.1, 0.15) is 13.2 Å². The molecule has 1 rings (SSSR count). The van der Waals surface area contributed by atoms with Crippen LogP contribution in [0.3, 0.4) is 0 Å². The van der Waals surface area contributed by atoms with E-state index in [1.54, 1.807) is 12.1 Å². The number of ether oxygens (including phenoxy) is 13. The number of hydrogen-bond acceptors (Lipinski definition) is 15. The van der Waals surface area contributed by atoms with E-state index >= 15 is 0 Å². The molecule has 0 amide bonds. The van der Waals surface area contributed by atoms with Crippen molar-refractivity contribution in [2.75, 3.05) is 177 Å². The van der Waals surface area contributed by atoms with E-state index in [4.69, 9.17) is 68.0 Å². The minimum Gasteiger partial charge on any atom is -0.460 e. The van der Waals surface area contributed by atoms with Crippen LogP contribution in [-0.4, -0.2) is 178 Å². The van der Waals surface area contributed by atoms with Crippen molar-refractivity contribution < 1.29 is 66.4 Å². The van der Waals surface area contributed by atoms with Gasteiger partial charge in [0, 0.05) is 12.2 Å². The van der Waals surface area contributed by atoms with E-state index in [0.29, 0.717) is 164 Å². The minimum absolute atomic E-state index is 0.187. The summed E-state index contributed by atoms with van der Waals surface area (Å²) in [6.45, 7) is 14.5. The first-order valence-electron chi connectivity index (χ1n) is 18.6. The van der Waals surface area contributed by atoms with Crippen molar-refractivity contribution >= 4 is 11.7 Å². The summed E-state index contributed by atoms with van der Waals surface area (Å²) in [5.74, 6) is 2.03. The van der Waals surface area contributed by atoms with Crippen LogP contribution in [0.15, 0.2) is 24.3 Å². The van der Waals surface area contributed by atoms with E-state index < -0.39 is 0 Å². The van der Waals surface area contributed by atoms with Gasteiger partial charge in [0.25, 0.3) is 0 Å². The third-order valence-corrected chi connectivity index (χ3v) is 6.72. The Labute approximate surface area is 316 Å². The van der Waals surface area contributed by atoms with Crippen LogP contribution in [-0.2, 0) is 61.6 Å². The van der Waals surface area contributed by atoms with Gasteiger partial charge < -0.3 is 66.9 Å². The first-order chi connectivity index (χ1) is 26.3. The number of nitrogens with one attached hydrogen (secondary N) is 1. The Morgan fingerprint density at radius 1 is 0.491 bits per heavy atom. The van der Waals surface area contributed by atoms with Crippen molar-refractivity contribution in [2.45, 2.75) is 19.8 Å². The lowest BCUT2D eigenvalue weighted by Gasteiger charge is -2.09. The number of anilines is 1. The fourth-order valence-corrected chi connectivity index (χ4v) is 3.96. The van der Waals surface area contributed by atoms with Crippen LogP contribution in [0.4, 0.5) is 5.69 Å². The Morgan fingerprint density at radius 2 is 0.792 bits per heavy atom. The molecule has 0 aliphatic heterocycles. The number of rotatable bonds is 42. The lowest BCUT2D eigenvalue weighted by atomic mass is 10.2. The molecule has 0 aliphatic carbocycles. The first-order valence-corrected chi connectivity index (χ1v) is 18.6. The summed E-state index contributed by atoms with van der Waals surface area (Å²) in [5, 5.41) is 3.32. The number of carbonyl (C=O) groups is 1. The molecular weight excluding hydrogens is 694 g/mol. The minimum atomic E-state index is -0.363. The Morgan fingerprint density at radius 3 is 1.09 bits per heavy atom. The van der Waals surface area contributed by atoms with Crippen molar-refractivity contribution in [3.8, 4) is 12.3 Å². The zero-order chi connectivity index (χ0) is 38.0. The molecule has 0 radical (unpaired) electrons. The largest absolute Gasteiger partial charge is 0.460 e. The molecule has 53 heavy (non-hydrogen) atoms. The van der Waals surface area contributed by atoms with Crippen molar-refractivity contribution in [1.82, 2.24) is 0 Å². The molecule has 1 aromatic carbocycles. The van der Waals surface area contributed by atoms with E-state index in [1.165, 1.54) is 0 Å². The lowest BCUT2D eigenvalue weighted by Crippen LogP contribution is -2.16. The second kappa shape index (κ2) is 40.7. The van der Waals surface area contributed by atoms with Gasteiger partial charge in [-0.15, -0.1) is 6.42 Å². The third kappa shape index (κ3) is 35.1. The molecule has 0 saturated heterocycles. The highest BCUT2D eigenvalue weighted by Crippen LogP contribution is 2.11. The molecule has 306 valence electrons. The van der Waals surface area contributed by atoms with E-state index in [1.807, 2.05) is 12.1 Å². The predicted molar refractivity (Wildman–Crippen MR) is 199 cm³/mol. The van der Waals surface area contributed by atoms with Gasteiger partial charge in [-0.3, -0.25) is 0 Å². The zero-order valence-electron chi connectivity index (χ0n) is 31.9. The normalized spacial score (nSPS) is 11.2. The Hall–Kier alpha value is -2.43. The molecule has 1 N–H and O–H groups in total. The number of benzene rings is 1. The van der Waals surface area contributed by atoms with E-state index in [9.17, 15) is 4.79 Å². The van der Waals surface area contributed by atoms with Gasteiger partial charge in [-0.2, -0.15) is 0 Å². The van der Waals surface area contributed by atoms with Gasteiger partial charge in [0.05, 0.1) is 158 Å². The molecule has 0 unspecified atom stereocenters. The summed E-state index contributed by atoms with van der Waals surface area (Å²) in [7, 11) is 0. The molecule has 0 heterocycles. The van der Waals surface area contributed by atoms with Crippen LogP contribution in [0.25, 0.3) is 0 Å². The van der Waals surface area contributed by atoms with E-state index in [-0.39, 0.29) is 12.6 Å². The maximum Gasteiger partial charge on any atom is 0.338 e. The monoisotopic (exact) mass is 759 g/mol. The summed E-state index contributed by atoms with van der Waals surface area (Å²) in [4.78, 5) is 12.1. The molecule has 0 atom stereocenters. The fraction of sp³-hybridized carbons (Fsp3) is 0.763. The number of carbonyl (C=O) groups excluding carboxylic acids is 1. The number of terminal acetylenes is 1. The second-order valence-corrected chi connectivity index (χ2v) is 11.0. The van der Waals surface area contributed by atoms with Crippen LogP contribution >= 0.6 is 0 Å². The smallest absolute Gasteiger partial charge is 0.338 e. The van der Waals surface area contributed by atoms with E-state index in [2.05, 4.69) is 18.2 Å². The average molecular weight is 760 g/mol. The van der Waals surface area contributed by atoms with Gasteiger partial charge in [-0.05, 0) is 30.7 Å². The maximum absolute atomic E-state index is 12.1. The highest BCUT2D eigenvalue weighted by molar-refractivity contribution is 5.89. The summed E-state index contributed by atoms with van der Waals surface area (Å²) in [6, 6.07) is 7.28. The fourth-order valence-electron chi connectivity index (χ4n) is 3.96. The Balaban J connectivity index is 1.68. The third-order valence-electron chi connectivity index (χ3n) is 6.72. The van der Waals surface area contributed by atoms with Gasteiger partial charge in [-0.1, -0.05) is 19.3 Å². The lowest BCUT2D eigenvalue weighted by molar-refractivity contribution is -0.0286. The molecule has 1 aromatic rings. The number of unbranched alkanes of at least 4 members (excludes halogenated alkanes) is 1. The quantitative estimate of drug-likeness (QED) is 0.0591.